The van der Waals surface area contributed by atoms with Crippen molar-refractivity contribution in [2.24, 2.45) is 5.73 Å². The van der Waals surface area contributed by atoms with Crippen LogP contribution in [-0.2, 0) is 9.59 Å². The topological polar surface area (TPSA) is 113 Å². The lowest BCUT2D eigenvalue weighted by Gasteiger charge is -2.08. The van der Waals surface area contributed by atoms with Crippen molar-refractivity contribution in [2.75, 3.05) is 6.54 Å². The van der Waals surface area contributed by atoms with Gasteiger partial charge in [0, 0.05) is 13.0 Å². The molecule has 2 unspecified atom stereocenters. The Bertz CT molecular complexity index is 193. The van der Waals surface area contributed by atoms with Crippen molar-refractivity contribution in [3.8, 4) is 0 Å². The second-order valence-corrected chi connectivity index (χ2v) is 2.72. The van der Waals surface area contributed by atoms with Gasteiger partial charge in [0.15, 0.2) is 6.10 Å². The van der Waals surface area contributed by atoms with Crippen molar-refractivity contribution in [1.82, 2.24) is 5.32 Å². The third-order valence-corrected chi connectivity index (χ3v) is 1.42. The molecular formula is C7H14N2O4. The average molecular weight is 190 g/mol. The minimum atomic E-state index is -1.44. The molecule has 2 atom stereocenters. The minimum Gasteiger partial charge on any atom is -0.479 e. The Morgan fingerprint density at radius 3 is 2.46 bits per heavy atom. The monoisotopic (exact) mass is 190 g/mol. The SMILES string of the molecule is CC(N)C(=O)NCCC(O)C(=O)O. The minimum absolute atomic E-state index is 0.0200. The van der Waals surface area contributed by atoms with E-state index in [0.29, 0.717) is 0 Å². The number of rotatable bonds is 5. The quantitative estimate of drug-likeness (QED) is 0.412. The van der Waals surface area contributed by atoms with Crippen LogP contribution in [0.2, 0.25) is 0 Å². The Morgan fingerprint density at radius 2 is 2.08 bits per heavy atom. The normalized spacial score (nSPS) is 14.7. The molecular weight excluding hydrogens is 176 g/mol. The summed E-state index contributed by atoms with van der Waals surface area (Å²) >= 11 is 0. The van der Waals surface area contributed by atoms with Gasteiger partial charge in [0.05, 0.1) is 6.04 Å². The van der Waals surface area contributed by atoms with Crippen LogP contribution in [-0.4, -0.2) is 40.8 Å². The van der Waals surface area contributed by atoms with Gasteiger partial charge in [0.2, 0.25) is 5.91 Å². The Morgan fingerprint density at radius 1 is 1.54 bits per heavy atom. The van der Waals surface area contributed by atoms with E-state index in [2.05, 4.69) is 5.32 Å². The highest BCUT2D eigenvalue weighted by Gasteiger charge is 2.13. The molecule has 6 nitrogen and oxygen atoms in total. The number of nitrogens with one attached hydrogen (secondary N) is 1. The molecule has 0 heterocycles. The number of aliphatic carboxylic acids is 1. The number of hydrogen-bond donors (Lipinski definition) is 4. The van der Waals surface area contributed by atoms with E-state index in [9.17, 15) is 9.59 Å². The fraction of sp³-hybridized carbons (Fsp3) is 0.714. The molecule has 0 rings (SSSR count). The molecule has 0 aromatic rings. The highest BCUT2D eigenvalue weighted by molar-refractivity contribution is 5.81. The zero-order chi connectivity index (χ0) is 10.4. The lowest BCUT2D eigenvalue weighted by Crippen LogP contribution is -2.39. The summed E-state index contributed by atoms with van der Waals surface area (Å²) in [5, 5.41) is 19.4. The summed E-state index contributed by atoms with van der Waals surface area (Å²) in [7, 11) is 0. The van der Waals surface area contributed by atoms with E-state index in [0.717, 1.165) is 0 Å². The number of aliphatic hydroxyl groups is 1. The van der Waals surface area contributed by atoms with Crippen LogP contribution in [0, 0.1) is 0 Å². The largest absolute Gasteiger partial charge is 0.479 e. The molecule has 13 heavy (non-hydrogen) atoms. The molecule has 0 aromatic heterocycles. The van der Waals surface area contributed by atoms with Crippen molar-refractivity contribution in [3.63, 3.8) is 0 Å². The van der Waals surface area contributed by atoms with Gasteiger partial charge in [0.1, 0.15) is 0 Å². The van der Waals surface area contributed by atoms with Crippen LogP contribution in [0.15, 0.2) is 0 Å². The third kappa shape index (κ3) is 5.15. The molecule has 0 spiro atoms. The van der Waals surface area contributed by atoms with Gasteiger partial charge in [-0.15, -0.1) is 0 Å². The van der Waals surface area contributed by atoms with E-state index in [1.54, 1.807) is 0 Å². The van der Waals surface area contributed by atoms with E-state index < -0.39 is 18.1 Å². The second-order valence-electron chi connectivity index (χ2n) is 2.72. The lowest BCUT2D eigenvalue weighted by atomic mass is 10.2. The van der Waals surface area contributed by atoms with Gasteiger partial charge in [-0.05, 0) is 6.92 Å². The Hall–Kier alpha value is -1.14. The first kappa shape index (κ1) is 11.9. The van der Waals surface area contributed by atoms with Crippen molar-refractivity contribution >= 4 is 11.9 Å². The van der Waals surface area contributed by atoms with Crippen LogP contribution in [0.5, 0.6) is 0 Å². The van der Waals surface area contributed by atoms with Crippen LogP contribution < -0.4 is 11.1 Å². The van der Waals surface area contributed by atoms with E-state index in [1.807, 2.05) is 0 Å². The van der Waals surface area contributed by atoms with Crippen LogP contribution in [0.4, 0.5) is 0 Å². The summed E-state index contributed by atoms with van der Waals surface area (Å²) in [6, 6.07) is -0.623. The van der Waals surface area contributed by atoms with Crippen molar-refractivity contribution in [1.29, 1.82) is 0 Å². The predicted molar refractivity (Wildman–Crippen MR) is 44.9 cm³/mol. The summed E-state index contributed by atoms with van der Waals surface area (Å²) in [6.45, 7) is 1.62. The van der Waals surface area contributed by atoms with Crippen molar-refractivity contribution in [2.45, 2.75) is 25.5 Å². The smallest absolute Gasteiger partial charge is 0.332 e. The number of hydrogen-bond acceptors (Lipinski definition) is 4. The molecule has 1 amide bonds. The highest BCUT2D eigenvalue weighted by atomic mass is 16.4. The van der Waals surface area contributed by atoms with Gasteiger partial charge < -0.3 is 21.3 Å². The molecule has 0 saturated heterocycles. The van der Waals surface area contributed by atoms with Gasteiger partial charge in [0.25, 0.3) is 0 Å². The maximum absolute atomic E-state index is 10.8. The first-order valence-corrected chi connectivity index (χ1v) is 3.89. The van der Waals surface area contributed by atoms with Gasteiger partial charge in [-0.2, -0.15) is 0 Å². The summed E-state index contributed by atoms with van der Waals surface area (Å²) in [5.74, 6) is -1.66. The predicted octanol–water partition coefficient (Wildman–Crippen LogP) is -1.71. The molecule has 0 aromatic carbocycles. The van der Waals surface area contributed by atoms with Crippen LogP contribution >= 0.6 is 0 Å². The molecule has 6 heteroatoms. The zero-order valence-electron chi connectivity index (χ0n) is 7.36. The van der Waals surface area contributed by atoms with E-state index in [1.165, 1.54) is 6.92 Å². The molecule has 0 aliphatic carbocycles. The van der Waals surface area contributed by atoms with Crippen molar-refractivity contribution < 1.29 is 19.8 Å². The second kappa shape index (κ2) is 5.50. The van der Waals surface area contributed by atoms with E-state index >= 15 is 0 Å². The molecule has 0 bridgehead atoms. The lowest BCUT2D eigenvalue weighted by molar-refractivity contribution is -0.147. The number of carboxylic acids is 1. The van der Waals surface area contributed by atoms with Crippen LogP contribution in [0.25, 0.3) is 0 Å². The summed E-state index contributed by atoms with van der Waals surface area (Å²) in [6.07, 6.45) is -1.46. The fourth-order valence-electron chi connectivity index (χ4n) is 0.617. The van der Waals surface area contributed by atoms with E-state index in [-0.39, 0.29) is 18.9 Å². The molecule has 0 aliphatic rings. The number of carbonyl (C=O) groups excluding carboxylic acids is 1. The van der Waals surface area contributed by atoms with Crippen LogP contribution in [0.3, 0.4) is 0 Å². The van der Waals surface area contributed by atoms with Gasteiger partial charge >= 0.3 is 5.97 Å². The van der Waals surface area contributed by atoms with Crippen molar-refractivity contribution in [3.05, 3.63) is 0 Å². The summed E-state index contributed by atoms with van der Waals surface area (Å²) in [5.41, 5.74) is 5.22. The molecule has 76 valence electrons. The van der Waals surface area contributed by atoms with E-state index in [4.69, 9.17) is 15.9 Å². The maximum atomic E-state index is 10.8. The fourth-order valence-corrected chi connectivity index (χ4v) is 0.617. The molecule has 0 aliphatic heterocycles. The van der Waals surface area contributed by atoms with Gasteiger partial charge in [-0.25, -0.2) is 4.79 Å². The molecule has 0 saturated carbocycles. The first-order valence-electron chi connectivity index (χ1n) is 3.89. The number of aliphatic hydroxyl groups excluding tert-OH is 1. The first-order chi connectivity index (χ1) is 5.95. The highest BCUT2D eigenvalue weighted by Crippen LogP contribution is 1.89. The molecule has 5 N–H and O–H groups in total. The maximum Gasteiger partial charge on any atom is 0.332 e. The molecule has 0 fully saturated rings. The average Bonchev–Trinajstić information content (AvgIpc) is 2.03. The van der Waals surface area contributed by atoms with Gasteiger partial charge in [-0.1, -0.05) is 0 Å². The van der Waals surface area contributed by atoms with Crippen LogP contribution in [0.1, 0.15) is 13.3 Å². The Kier molecular flexibility index (Phi) is 5.01. The Balaban J connectivity index is 3.56. The number of carbonyl (C=O) groups is 2. The third-order valence-electron chi connectivity index (χ3n) is 1.42. The van der Waals surface area contributed by atoms with Gasteiger partial charge in [-0.3, -0.25) is 4.79 Å². The zero-order valence-corrected chi connectivity index (χ0v) is 7.36. The summed E-state index contributed by atoms with van der Waals surface area (Å²) < 4.78 is 0. The standard InChI is InChI=1S/C7H14N2O4/c1-4(8)6(11)9-3-2-5(10)7(12)13/h4-5,10H,2-3,8H2,1H3,(H,9,11)(H,12,13). The number of carboxylic acid groups (broad SMARTS) is 1. The number of nitrogens with two attached hydrogens (primary N) is 1. The molecule has 0 radical (unpaired) electrons. The number of amides is 1. The Labute approximate surface area is 75.7 Å². The summed E-state index contributed by atoms with van der Waals surface area (Å²) in [4.78, 5) is 21.0.